The number of hydrogen-bond donors (Lipinski definition) is 4. The summed E-state index contributed by atoms with van der Waals surface area (Å²) in [5.41, 5.74) is 4.47. The molecular formula is C34H43N3O5. The van der Waals surface area contributed by atoms with Crippen molar-refractivity contribution in [3.63, 3.8) is 0 Å². The van der Waals surface area contributed by atoms with Crippen molar-refractivity contribution in [3.8, 4) is 11.5 Å². The molecule has 1 heterocycles. The van der Waals surface area contributed by atoms with E-state index in [0.29, 0.717) is 49.9 Å². The van der Waals surface area contributed by atoms with Crippen molar-refractivity contribution < 1.29 is 24.2 Å². The van der Waals surface area contributed by atoms with Gasteiger partial charge in [-0.25, -0.2) is 0 Å². The average molecular weight is 574 g/mol. The Labute approximate surface area is 248 Å². The molecular weight excluding hydrogens is 530 g/mol. The highest BCUT2D eigenvalue weighted by Crippen LogP contribution is 2.23. The fraction of sp³-hybridized carbons (Fsp3) is 0.412. The molecule has 0 saturated heterocycles. The van der Waals surface area contributed by atoms with Gasteiger partial charge in [0.05, 0.1) is 18.8 Å². The second-order valence-corrected chi connectivity index (χ2v) is 11.2. The molecule has 0 aliphatic carbocycles. The number of nitrogens with one attached hydrogen (secondary N) is 3. The van der Waals surface area contributed by atoms with Crippen molar-refractivity contribution in [2.75, 3.05) is 31.6 Å². The lowest BCUT2D eigenvalue weighted by Crippen LogP contribution is -2.48. The maximum atomic E-state index is 13.6. The van der Waals surface area contributed by atoms with E-state index in [2.05, 4.69) is 54.1 Å². The quantitative estimate of drug-likeness (QED) is 0.290. The number of benzene rings is 3. The molecule has 4 rings (SSSR count). The van der Waals surface area contributed by atoms with Crippen LogP contribution in [0, 0.1) is 0 Å². The van der Waals surface area contributed by atoms with Crippen LogP contribution in [0.3, 0.4) is 0 Å². The van der Waals surface area contributed by atoms with E-state index in [1.165, 1.54) is 12.5 Å². The molecule has 4 bridgehead atoms. The molecule has 1 aliphatic rings. The molecule has 0 fully saturated rings. The monoisotopic (exact) mass is 573 g/mol. The predicted molar refractivity (Wildman–Crippen MR) is 165 cm³/mol. The van der Waals surface area contributed by atoms with Crippen LogP contribution in [0.25, 0.3) is 0 Å². The third kappa shape index (κ3) is 9.60. The Hall–Kier alpha value is -3.88. The number of Topliss-reactive ketones (excluding diaryl/α,β-unsaturated/α-hetero) is 1. The molecule has 8 heteroatoms. The van der Waals surface area contributed by atoms with Gasteiger partial charge in [-0.15, -0.1) is 0 Å². The first-order chi connectivity index (χ1) is 20.3. The van der Waals surface area contributed by atoms with Gasteiger partial charge in [-0.3, -0.25) is 9.59 Å². The van der Waals surface area contributed by atoms with Crippen LogP contribution < -0.4 is 25.4 Å². The molecule has 3 aromatic carbocycles. The van der Waals surface area contributed by atoms with E-state index in [1.807, 2.05) is 24.3 Å². The predicted octanol–water partition coefficient (Wildman–Crippen LogP) is 4.85. The summed E-state index contributed by atoms with van der Waals surface area (Å²) in [7, 11) is 0. The van der Waals surface area contributed by atoms with Crippen LogP contribution in [0.5, 0.6) is 11.5 Å². The first kappa shape index (κ1) is 31.1. The van der Waals surface area contributed by atoms with Crippen LogP contribution >= 0.6 is 0 Å². The Morgan fingerprint density at radius 3 is 2.74 bits per heavy atom. The molecule has 3 aromatic rings. The van der Waals surface area contributed by atoms with E-state index in [1.54, 1.807) is 18.2 Å². The Bertz CT molecular complexity index is 1340. The summed E-state index contributed by atoms with van der Waals surface area (Å²) in [6, 6.07) is 20.8. The van der Waals surface area contributed by atoms with Gasteiger partial charge in [-0.05, 0) is 73.1 Å². The molecule has 224 valence electrons. The van der Waals surface area contributed by atoms with Crippen molar-refractivity contribution in [2.45, 2.75) is 64.6 Å². The lowest BCUT2D eigenvalue weighted by Gasteiger charge is -2.25. The van der Waals surface area contributed by atoms with E-state index in [-0.39, 0.29) is 18.3 Å². The third-order valence-electron chi connectivity index (χ3n) is 7.22. The Balaban J connectivity index is 1.54. The lowest BCUT2D eigenvalue weighted by atomic mass is 9.99. The number of rotatable bonds is 9. The molecule has 0 radical (unpaired) electrons. The second-order valence-electron chi connectivity index (χ2n) is 11.2. The van der Waals surface area contributed by atoms with Gasteiger partial charge in [0.25, 0.3) is 5.91 Å². The SMILES string of the molecule is CC(=O)COc1cc2cc(c1)C(=O)N[C@H]([C@H](O)CNCc1cccc(C(C)C)c1)Cc1cccc(c1)OCCCCN2. The largest absolute Gasteiger partial charge is 0.494 e. The molecule has 42 heavy (non-hydrogen) atoms. The normalized spacial score (nSPS) is 16.6. The Kier molecular flexibility index (Phi) is 11.4. The highest BCUT2D eigenvalue weighted by atomic mass is 16.5. The number of carbonyl (C=O) groups excluding carboxylic acids is 2. The van der Waals surface area contributed by atoms with E-state index in [4.69, 9.17) is 9.47 Å². The fourth-order valence-electron chi connectivity index (χ4n) is 4.87. The maximum Gasteiger partial charge on any atom is 0.251 e. The highest BCUT2D eigenvalue weighted by Gasteiger charge is 2.23. The minimum absolute atomic E-state index is 0.0781. The average Bonchev–Trinajstić information content (AvgIpc) is 2.97. The molecule has 8 nitrogen and oxygen atoms in total. The summed E-state index contributed by atoms with van der Waals surface area (Å²) < 4.78 is 11.6. The molecule has 1 aliphatic heterocycles. The van der Waals surface area contributed by atoms with Crippen LogP contribution in [-0.2, 0) is 17.8 Å². The molecule has 2 atom stereocenters. The van der Waals surface area contributed by atoms with Crippen molar-refractivity contribution in [1.29, 1.82) is 0 Å². The molecule has 0 unspecified atom stereocenters. The zero-order chi connectivity index (χ0) is 29.9. The molecule has 4 N–H and O–H groups in total. The fourth-order valence-corrected chi connectivity index (χ4v) is 4.87. The topological polar surface area (TPSA) is 109 Å². The zero-order valence-corrected chi connectivity index (χ0v) is 24.8. The molecule has 0 saturated carbocycles. The highest BCUT2D eigenvalue weighted by molar-refractivity contribution is 5.96. The minimum Gasteiger partial charge on any atom is -0.494 e. The van der Waals surface area contributed by atoms with Crippen molar-refractivity contribution in [3.05, 3.63) is 89.0 Å². The van der Waals surface area contributed by atoms with Gasteiger partial charge in [0.15, 0.2) is 5.78 Å². The van der Waals surface area contributed by atoms with E-state index < -0.39 is 12.1 Å². The maximum absolute atomic E-state index is 13.6. The summed E-state index contributed by atoms with van der Waals surface area (Å²) in [5.74, 6) is 1.20. The van der Waals surface area contributed by atoms with Gasteiger partial charge in [0, 0.05) is 37.0 Å². The standard InChI is InChI=1S/C34H43N3O5/c1-23(2)27-10-6-9-26(14-27)20-35-21-33(39)32-16-25-8-7-11-30(15-25)41-13-5-4-12-36-29-17-28(34(40)37-32)18-31(19-29)42-22-24(3)38/h6-11,14-15,17-19,23,32-33,35-36,39H,4-5,12-13,16,20-22H2,1-3H3,(H,37,40)/t32-,33+/m0/s1. The number of fused-ring (bicyclic) bond motifs is 4. The van der Waals surface area contributed by atoms with Crippen LogP contribution in [0.15, 0.2) is 66.7 Å². The Morgan fingerprint density at radius 2 is 1.93 bits per heavy atom. The number of ketones is 1. The van der Waals surface area contributed by atoms with Crippen LogP contribution in [-0.4, -0.2) is 55.2 Å². The van der Waals surface area contributed by atoms with E-state index in [9.17, 15) is 14.7 Å². The minimum atomic E-state index is -0.861. The lowest BCUT2D eigenvalue weighted by molar-refractivity contribution is -0.118. The van der Waals surface area contributed by atoms with Gasteiger partial charge in [0.2, 0.25) is 0 Å². The summed E-state index contributed by atoms with van der Waals surface area (Å²) in [5, 5.41) is 21.1. The number of carbonyl (C=O) groups is 2. The van der Waals surface area contributed by atoms with E-state index >= 15 is 0 Å². The van der Waals surface area contributed by atoms with Crippen LogP contribution in [0.1, 0.15) is 66.6 Å². The van der Waals surface area contributed by atoms with Crippen molar-refractivity contribution in [1.82, 2.24) is 10.6 Å². The van der Waals surface area contributed by atoms with Crippen molar-refractivity contribution in [2.24, 2.45) is 0 Å². The van der Waals surface area contributed by atoms with Gasteiger partial charge in [0.1, 0.15) is 18.1 Å². The number of amides is 1. The van der Waals surface area contributed by atoms with Gasteiger partial charge in [-0.2, -0.15) is 0 Å². The van der Waals surface area contributed by atoms with E-state index in [0.717, 1.165) is 35.4 Å². The first-order valence-corrected chi connectivity index (χ1v) is 14.8. The summed E-state index contributed by atoms with van der Waals surface area (Å²) in [6.45, 7) is 7.88. The van der Waals surface area contributed by atoms with Gasteiger partial charge >= 0.3 is 0 Å². The smallest absolute Gasteiger partial charge is 0.251 e. The first-order valence-electron chi connectivity index (χ1n) is 14.8. The zero-order valence-electron chi connectivity index (χ0n) is 24.8. The number of anilines is 1. The van der Waals surface area contributed by atoms with Gasteiger partial charge < -0.3 is 30.5 Å². The second kappa shape index (κ2) is 15.4. The molecule has 0 spiro atoms. The van der Waals surface area contributed by atoms with Gasteiger partial charge in [-0.1, -0.05) is 50.2 Å². The van der Waals surface area contributed by atoms with Crippen LogP contribution in [0.4, 0.5) is 5.69 Å². The number of ether oxygens (including phenoxy) is 2. The number of aliphatic hydroxyl groups excluding tert-OH is 1. The summed E-state index contributed by atoms with van der Waals surface area (Å²) >= 11 is 0. The number of aliphatic hydroxyl groups is 1. The van der Waals surface area contributed by atoms with Crippen LogP contribution in [0.2, 0.25) is 0 Å². The van der Waals surface area contributed by atoms with Crippen molar-refractivity contribution >= 4 is 17.4 Å². The molecule has 1 amide bonds. The number of hydrogen-bond acceptors (Lipinski definition) is 7. The summed E-state index contributed by atoms with van der Waals surface area (Å²) in [4.78, 5) is 25.1. The third-order valence-corrected chi connectivity index (χ3v) is 7.22. The Morgan fingerprint density at radius 1 is 1.10 bits per heavy atom. The summed E-state index contributed by atoms with van der Waals surface area (Å²) in [6.07, 6.45) is 1.29. The molecule has 0 aromatic heterocycles.